The maximum Gasteiger partial charge on any atom is 0.253 e. The molecule has 1 heterocycles. The maximum atomic E-state index is 11.9. The molecule has 0 aliphatic heterocycles. The Morgan fingerprint density at radius 1 is 1.39 bits per heavy atom. The van der Waals surface area contributed by atoms with Gasteiger partial charge in [-0.05, 0) is 40.2 Å². The van der Waals surface area contributed by atoms with Gasteiger partial charge in [-0.25, -0.2) is 0 Å². The summed E-state index contributed by atoms with van der Waals surface area (Å²) in [6.07, 6.45) is 0. The van der Waals surface area contributed by atoms with Gasteiger partial charge >= 0.3 is 0 Å². The van der Waals surface area contributed by atoms with E-state index in [9.17, 15) is 4.79 Å². The van der Waals surface area contributed by atoms with Gasteiger partial charge in [0.05, 0.1) is 26.6 Å². The highest BCUT2D eigenvalue weighted by molar-refractivity contribution is 9.11. The lowest BCUT2D eigenvalue weighted by atomic mass is 10.2. The van der Waals surface area contributed by atoms with E-state index in [4.69, 9.17) is 17.3 Å². The van der Waals surface area contributed by atoms with Crippen molar-refractivity contribution >= 4 is 50.5 Å². The maximum absolute atomic E-state index is 11.9. The van der Waals surface area contributed by atoms with Crippen molar-refractivity contribution in [1.82, 2.24) is 5.32 Å². The smallest absolute Gasteiger partial charge is 0.253 e. The second kappa shape index (κ2) is 5.73. The van der Waals surface area contributed by atoms with Crippen LogP contribution in [0.5, 0.6) is 0 Å². The Labute approximate surface area is 122 Å². The zero-order valence-electron chi connectivity index (χ0n) is 9.24. The summed E-state index contributed by atoms with van der Waals surface area (Å²) < 4.78 is 1.04. The molecule has 0 spiro atoms. The molecule has 2 rings (SSSR count). The fraction of sp³-hybridized carbons (Fsp3) is 0.0833. The molecule has 0 aliphatic carbocycles. The fourth-order valence-corrected chi connectivity index (χ4v) is 3.07. The van der Waals surface area contributed by atoms with Crippen LogP contribution in [0, 0.1) is 0 Å². The van der Waals surface area contributed by atoms with Crippen LogP contribution in [0.1, 0.15) is 15.2 Å². The molecule has 3 nitrogen and oxygen atoms in total. The second-order valence-corrected chi connectivity index (χ2v) is 6.52. The average molecular weight is 346 g/mol. The lowest BCUT2D eigenvalue weighted by molar-refractivity contribution is 0.0951. The van der Waals surface area contributed by atoms with Crippen molar-refractivity contribution < 1.29 is 4.79 Å². The van der Waals surface area contributed by atoms with Gasteiger partial charge in [0.1, 0.15) is 0 Å². The number of hydrogen-bond acceptors (Lipinski definition) is 3. The number of benzene rings is 1. The standard InChI is InChI=1S/C12H10BrClN2OS/c13-10-5-4-7(18-10)6-16-12(17)8-2-1-3-9(15)11(8)14/h1-5H,6,15H2,(H,16,17). The molecule has 2 aromatic rings. The molecule has 0 bridgehead atoms. The Hall–Kier alpha value is -1.04. The van der Waals surface area contributed by atoms with Gasteiger partial charge in [-0.1, -0.05) is 17.7 Å². The summed E-state index contributed by atoms with van der Waals surface area (Å²) >= 11 is 10.9. The Bertz CT molecular complexity index is 585. The van der Waals surface area contributed by atoms with Gasteiger partial charge in [0.2, 0.25) is 0 Å². The summed E-state index contributed by atoms with van der Waals surface area (Å²) in [4.78, 5) is 13.0. The van der Waals surface area contributed by atoms with Crippen molar-refractivity contribution in [2.45, 2.75) is 6.54 Å². The van der Waals surface area contributed by atoms with Crippen LogP contribution in [0.3, 0.4) is 0 Å². The highest BCUT2D eigenvalue weighted by Gasteiger charge is 2.11. The minimum Gasteiger partial charge on any atom is -0.398 e. The summed E-state index contributed by atoms with van der Waals surface area (Å²) in [5.74, 6) is -0.225. The van der Waals surface area contributed by atoms with E-state index in [-0.39, 0.29) is 5.91 Å². The van der Waals surface area contributed by atoms with Gasteiger partial charge in [-0.2, -0.15) is 0 Å². The predicted molar refractivity (Wildman–Crippen MR) is 79.1 cm³/mol. The van der Waals surface area contributed by atoms with E-state index in [0.717, 1.165) is 8.66 Å². The summed E-state index contributed by atoms with van der Waals surface area (Å²) in [6, 6.07) is 8.92. The van der Waals surface area contributed by atoms with Crippen LogP contribution in [0.2, 0.25) is 5.02 Å². The number of carbonyl (C=O) groups is 1. The quantitative estimate of drug-likeness (QED) is 0.834. The Morgan fingerprint density at radius 3 is 2.83 bits per heavy atom. The molecule has 1 aromatic heterocycles. The van der Waals surface area contributed by atoms with E-state index in [1.54, 1.807) is 29.5 Å². The van der Waals surface area contributed by atoms with Gasteiger partial charge in [0.25, 0.3) is 5.91 Å². The second-order valence-electron chi connectivity index (χ2n) is 3.60. The highest BCUT2D eigenvalue weighted by atomic mass is 79.9. The fourth-order valence-electron chi connectivity index (χ4n) is 1.43. The van der Waals surface area contributed by atoms with Crippen molar-refractivity contribution in [3.05, 3.63) is 49.6 Å². The first-order valence-corrected chi connectivity index (χ1v) is 7.13. The number of nitrogen functional groups attached to an aromatic ring is 1. The first-order valence-electron chi connectivity index (χ1n) is 5.14. The summed E-state index contributed by atoms with van der Waals surface area (Å²) in [5, 5.41) is 3.10. The lowest BCUT2D eigenvalue weighted by Crippen LogP contribution is -2.22. The van der Waals surface area contributed by atoms with Crippen LogP contribution in [0.15, 0.2) is 34.1 Å². The normalized spacial score (nSPS) is 10.3. The largest absolute Gasteiger partial charge is 0.398 e. The van der Waals surface area contributed by atoms with E-state index in [2.05, 4.69) is 21.2 Å². The number of rotatable bonds is 3. The van der Waals surface area contributed by atoms with Gasteiger partial charge < -0.3 is 11.1 Å². The van der Waals surface area contributed by atoms with Crippen molar-refractivity contribution in [2.24, 2.45) is 0 Å². The molecule has 0 saturated heterocycles. The number of thiophene rings is 1. The van der Waals surface area contributed by atoms with Crippen LogP contribution in [0.25, 0.3) is 0 Å². The molecular formula is C12H10BrClN2OS. The molecule has 0 aliphatic rings. The van der Waals surface area contributed by atoms with Gasteiger partial charge in [0.15, 0.2) is 0 Å². The third kappa shape index (κ3) is 3.04. The molecule has 0 atom stereocenters. The molecule has 1 aromatic carbocycles. The van der Waals surface area contributed by atoms with Gasteiger partial charge in [-0.15, -0.1) is 11.3 Å². The van der Waals surface area contributed by atoms with Crippen LogP contribution in [0.4, 0.5) is 5.69 Å². The number of anilines is 1. The van der Waals surface area contributed by atoms with Gasteiger partial charge in [-0.3, -0.25) is 4.79 Å². The molecule has 3 N–H and O–H groups in total. The van der Waals surface area contributed by atoms with Gasteiger partial charge in [0, 0.05) is 4.88 Å². The third-order valence-corrected chi connectivity index (χ3v) is 4.37. The van der Waals surface area contributed by atoms with Crippen molar-refractivity contribution in [1.29, 1.82) is 0 Å². The van der Waals surface area contributed by atoms with Crippen molar-refractivity contribution in [3.8, 4) is 0 Å². The molecule has 94 valence electrons. The lowest BCUT2D eigenvalue weighted by Gasteiger charge is -2.07. The van der Waals surface area contributed by atoms with Crippen LogP contribution in [-0.2, 0) is 6.54 Å². The first kappa shape index (κ1) is 13.4. The molecule has 18 heavy (non-hydrogen) atoms. The first-order chi connectivity index (χ1) is 8.58. The highest BCUT2D eigenvalue weighted by Crippen LogP contribution is 2.24. The number of nitrogens with one attached hydrogen (secondary N) is 1. The van der Waals surface area contributed by atoms with E-state index >= 15 is 0 Å². The Morgan fingerprint density at radius 2 is 2.17 bits per heavy atom. The average Bonchev–Trinajstić information content (AvgIpc) is 2.76. The minimum atomic E-state index is -0.225. The molecule has 0 unspecified atom stereocenters. The number of hydrogen-bond donors (Lipinski definition) is 2. The van der Waals surface area contributed by atoms with E-state index in [1.807, 2.05) is 12.1 Å². The van der Waals surface area contributed by atoms with Crippen LogP contribution in [-0.4, -0.2) is 5.91 Å². The van der Waals surface area contributed by atoms with Crippen LogP contribution >= 0.6 is 38.9 Å². The molecule has 0 radical (unpaired) electrons. The predicted octanol–water partition coefficient (Wildman–Crippen LogP) is 3.68. The number of carbonyl (C=O) groups excluding carboxylic acids is 1. The van der Waals surface area contributed by atoms with Crippen LogP contribution < -0.4 is 11.1 Å². The Balaban J connectivity index is 2.06. The monoisotopic (exact) mass is 344 g/mol. The molecule has 6 heteroatoms. The summed E-state index contributed by atoms with van der Waals surface area (Å²) in [7, 11) is 0. The van der Waals surface area contributed by atoms with E-state index in [0.29, 0.717) is 22.8 Å². The number of halogens is 2. The van der Waals surface area contributed by atoms with E-state index in [1.165, 1.54) is 0 Å². The zero-order chi connectivity index (χ0) is 13.1. The topological polar surface area (TPSA) is 55.1 Å². The molecular weight excluding hydrogens is 336 g/mol. The van der Waals surface area contributed by atoms with Crippen molar-refractivity contribution in [3.63, 3.8) is 0 Å². The summed E-state index contributed by atoms with van der Waals surface area (Å²) in [5.41, 5.74) is 6.45. The number of amides is 1. The van der Waals surface area contributed by atoms with Crippen molar-refractivity contribution in [2.75, 3.05) is 5.73 Å². The molecule has 0 fully saturated rings. The van der Waals surface area contributed by atoms with E-state index < -0.39 is 0 Å². The number of nitrogens with two attached hydrogens (primary N) is 1. The Kier molecular flexibility index (Phi) is 4.27. The third-order valence-electron chi connectivity index (χ3n) is 2.33. The molecule has 0 saturated carbocycles. The zero-order valence-corrected chi connectivity index (χ0v) is 12.4. The molecule has 1 amide bonds. The minimum absolute atomic E-state index is 0.225. The summed E-state index contributed by atoms with van der Waals surface area (Å²) in [6.45, 7) is 0.472. The SMILES string of the molecule is Nc1cccc(C(=O)NCc2ccc(Br)s2)c1Cl.